The molecule has 24 heavy (non-hydrogen) atoms. The van der Waals surface area contributed by atoms with Crippen molar-refractivity contribution in [2.75, 3.05) is 13.2 Å². The van der Waals surface area contributed by atoms with Crippen LogP contribution in [-0.2, 0) is 14.3 Å². The van der Waals surface area contributed by atoms with Gasteiger partial charge in [0.25, 0.3) is 11.5 Å². The third-order valence-electron chi connectivity index (χ3n) is 6.09. The molecule has 1 amide bonds. The lowest BCUT2D eigenvalue weighted by atomic mass is 9.60. The minimum Gasteiger partial charge on any atom is -0.463 e. The van der Waals surface area contributed by atoms with Gasteiger partial charge in [0, 0.05) is 17.7 Å². The van der Waals surface area contributed by atoms with Gasteiger partial charge in [-0.25, -0.2) is 4.79 Å². The standard InChI is InChI=1S/C19H27NO4/c1-6-24-17(22)19(23)16(21)20-10-9-12(3)14-11(2)7-8-13(15(14)20)18(19,4)5/h11,23H,6-10H2,1-5H3/t11-,19-/m0/s1. The van der Waals surface area contributed by atoms with Crippen LogP contribution in [0.1, 0.15) is 53.9 Å². The van der Waals surface area contributed by atoms with Crippen LogP contribution in [0.25, 0.3) is 0 Å². The summed E-state index contributed by atoms with van der Waals surface area (Å²) in [6, 6.07) is 0. The van der Waals surface area contributed by atoms with Crippen molar-refractivity contribution in [1.29, 1.82) is 0 Å². The summed E-state index contributed by atoms with van der Waals surface area (Å²) < 4.78 is 5.08. The van der Waals surface area contributed by atoms with E-state index in [1.807, 2.05) is 0 Å². The lowest BCUT2D eigenvalue weighted by molar-refractivity contribution is -0.189. The molecule has 3 aliphatic rings. The van der Waals surface area contributed by atoms with Gasteiger partial charge in [-0.2, -0.15) is 0 Å². The summed E-state index contributed by atoms with van der Waals surface area (Å²) in [7, 11) is 0. The maximum atomic E-state index is 13.2. The van der Waals surface area contributed by atoms with Gasteiger partial charge >= 0.3 is 5.97 Å². The molecule has 0 saturated heterocycles. The molecule has 2 heterocycles. The summed E-state index contributed by atoms with van der Waals surface area (Å²) in [6.45, 7) is 10.2. The molecular formula is C19H27NO4. The van der Waals surface area contributed by atoms with Gasteiger partial charge in [-0.15, -0.1) is 0 Å². The molecule has 3 rings (SSSR count). The molecular weight excluding hydrogens is 306 g/mol. The zero-order valence-corrected chi connectivity index (χ0v) is 15.2. The molecule has 1 N–H and O–H groups in total. The maximum Gasteiger partial charge on any atom is 0.349 e. The number of amides is 1. The lowest BCUT2D eigenvalue weighted by Crippen LogP contribution is -2.67. The Balaban J connectivity index is 2.25. The summed E-state index contributed by atoms with van der Waals surface area (Å²) in [4.78, 5) is 27.4. The van der Waals surface area contributed by atoms with E-state index in [1.165, 1.54) is 11.1 Å². The topological polar surface area (TPSA) is 66.8 Å². The number of hydrogen-bond acceptors (Lipinski definition) is 4. The van der Waals surface area contributed by atoms with Gasteiger partial charge in [0.2, 0.25) is 0 Å². The highest BCUT2D eigenvalue weighted by atomic mass is 16.6. The van der Waals surface area contributed by atoms with Crippen LogP contribution in [0.2, 0.25) is 0 Å². The van der Waals surface area contributed by atoms with Crippen molar-refractivity contribution in [3.8, 4) is 0 Å². The number of rotatable bonds is 2. The SMILES string of the molecule is CCOC(=O)[C@@]1(O)C(=O)N2CCC(C)=C3C2=C(CC[C@@H]3C)C1(C)C. The smallest absolute Gasteiger partial charge is 0.349 e. The van der Waals surface area contributed by atoms with Gasteiger partial charge in [0.05, 0.1) is 6.61 Å². The molecule has 0 aromatic heterocycles. The Labute approximate surface area is 143 Å². The number of aliphatic hydroxyl groups is 1. The van der Waals surface area contributed by atoms with Gasteiger partial charge < -0.3 is 14.7 Å². The van der Waals surface area contributed by atoms with E-state index in [0.29, 0.717) is 12.5 Å². The Morgan fingerprint density at radius 1 is 1.38 bits per heavy atom. The van der Waals surface area contributed by atoms with Crippen LogP contribution in [0.15, 0.2) is 22.4 Å². The molecule has 0 radical (unpaired) electrons. The molecule has 2 atom stereocenters. The van der Waals surface area contributed by atoms with Crippen molar-refractivity contribution in [2.45, 2.75) is 59.5 Å². The molecule has 0 saturated carbocycles. The Kier molecular flexibility index (Phi) is 3.91. The van der Waals surface area contributed by atoms with E-state index in [4.69, 9.17) is 4.74 Å². The van der Waals surface area contributed by atoms with Crippen LogP contribution in [0, 0.1) is 11.3 Å². The van der Waals surface area contributed by atoms with E-state index in [0.717, 1.165) is 30.5 Å². The molecule has 0 fully saturated rings. The second-order valence-corrected chi connectivity index (χ2v) is 7.72. The third-order valence-corrected chi connectivity index (χ3v) is 6.09. The molecule has 5 heteroatoms. The monoisotopic (exact) mass is 333 g/mol. The minimum atomic E-state index is -2.15. The molecule has 0 bridgehead atoms. The van der Waals surface area contributed by atoms with E-state index in [-0.39, 0.29) is 6.61 Å². The Hall–Kier alpha value is -1.62. The average molecular weight is 333 g/mol. The molecule has 132 valence electrons. The molecule has 1 aliphatic carbocycles. The van der Waals surface area contributed by atoms with Crippen molar-refractivity contribution in [2.24, 2.45) is 11.3 Å². The van der Waals surface area contributed by atoms with E-state index < -0.39 is 22.9 Å². The minimum absolute atomic E-state index is 0.137. The number of allylic oxidation sites excluding steroid dienone is 1. The maximum absolute atomic E-state index is 13.2. The number of carbonyl (C=O) groups excluding carboxylic acids is 2. The summed E-state index contributed by atoms with van der Waals surface area (Å²) in [5, 5.41) is 11.2. The van der Waals surface area contributed by atoms with Crippen molar-refractivity contribution in [3.63, 3.8) is 0 Å². The van der Waals surface area contributed by atoms with Gasteiger partial charge in [-0.05, 0) is 50.2 Å². The van der Waals surface area contributed by atoms with E-state index >= 15 is 0 Å². The molecule has 0 unspecified atom stereocenters. The number of ether oxygens (including phenoxy) is 1. The molecule has 0 aromatic carbocycles. The van der Waals surface area contributed by atoms with Crippen LogP contribution >= 0.6 is 0 Å². The fraction of sp³-hybridized carbons (Fsp3) is 0.684. The van der Waals surface area contributed by atoms with Crippen LogP contribution in [-0.4, -0.2) is 40.6 Å². The number of hydrogen-bond donors (Lipinski definition) is 1. The summed E-state index contributed by atoms with van der Waals surface area (Å²) in [6.07, 6.45) is 2.53. The normalized spacial score (nSPS) is 32.0. The fourth-order valence-electron chi connectivity index (χ4n) is 4.55. The summed E-state index contributed by atoms with van der Waals surface area (Å²) >= 11 is 0. The fourth-order valence-corrected chi connectivity index (χ4v) is 4.55. The van der Waals surface area contributed by atoms with Gasteiger partial charge in [0.1, 0.15) is 0 Å². The second-order valence-electron chi connectivity index (χ2n) is 7.72. The first-order chi connectivity index (χ1) is 11.2. The van der Waals surface area contributed by atoms with Crippen molar-refractivity contribution < 1.29 is 19.4 Å². The molecule has 0 aromatic rings. The first-order valence-electron chi connectivity index (χ1n) is 8.83. The van der Waals surface area contributed by atoms with Crippen molar-refractivity contribution in [3.05, 3.63) is 22.4 Å². The zero-order valence-electron chi connectivity index (χ0n) is 15.2. The largest absolute Gasteiger partial charge is 0.463 e. The summed E-state index contributed by atoms with van der Waals surface area (Å²) in [5.41, 5.74) is 1.38. The van der Waals surface area contributed by atoms with Crippen LogP contribution in [0.3, 0.4) is 0 Å². The average Bonchev–Trinajstić information content (AvgIpc) is 2.52. The Morgan fingerprint density at radius 2 is 2.04 bits per heavy atom. The van der Waals surface area contributed by atoms with Crippen LogP contribution < -0.4 is 0 Å². The highest BCUT2D eigenvalue weighted by Crippen LogP contribution is 2.55. The van der Waals surface area contributed by atoms with Gasteiger partial charge in [-0.1, -0.05) is 26.3 Å². The quantitative estimate of drug-likeness (QED) is 0.623. The van der Waals surface area contributed by atoms with E-state index in [2.05, 4.69) is 13.8 Å². The number of carbonyl (C=O) groups is 2. The number of nitrogens with zero attached hydrogens (tertiary/aromatic N) is 1. The number of esters is 1. The highest BCUT2D eigenvalue weighted by molar-refractivity contribution is 6.09. The first-order valence-corrected chi connectivity index (χ1v) is 8.83. The van der Waals surface area contributed by atoms with Gasteiger partial charge in [0.15, 0.2) is 0 Å². The predicted octanol–water partition coefficient (Wildman–Crippen LogP) is 2.55. The Morgan fingerprint density at radius 3 is 2.67 bits per heavy atom. The molecule has 2 aliphatic heterocycles. The predicted molar refractivity (Wildman–Crippen MR) is 89.8 cm³/mol. The van der Waals surface area contributed by atoms with Crippen LogP contribution in [0.4, 0.5) is 0 Å². The molecule has 5 nitrogen and oxygen atoms in total. The Bertz CT molecular complexity index is 673. The lowest BCUT2D eigenvalue weighted by Gasteiger charge is -2.53. The van der Waals surface area contributed by atoms with Crippen molar-refractivity contribution in [1.82, 2.24) is 4.90 Å². The zero-order chi connectivity index (χ0) is 17.9. The molecule has 0 spiro atoms. The second kappa shape index (κ2) is 5.45. The van der Waals surface area contributed by atoms with Gasteiger partial charge in [-0.3, -0.25) is 4.79 Å². The third kappa shape index (κ3) is 1.97. The van der Waals surface area contributed by atoms with E-state index in [1.54, 1.807) is 25.7 Å². The highest BCUT2D eigenvalue weighted by Gasteiger charge is 2.64. The van der Waals surface area contributed by atoms with Crippen molar-refractivity contribution >= 4 is 11.9 Å². The van der Waals surface area contributed by atoms with E-state index in [9.17, 15) is 14.7 Å². The summed E-state index contributed by atoms with van der Waals surface area (Å²) in [5.74, 6) is -0.981. The first kappa shape index (κ1) is 17.2. The van der Waals surface area contributed by atoms with Crippen LogP contribution in [0.5, 0.6) is 0 Å².